The highest BCUT2D eigenvalue weighted by atomic mass is 32.2. The zero-order chi connectivity index (χ0) is 19.3. The molecule has 1 amide bonds. The molecule has 0 radical (unpaired) electrons. The van der Waals surface area contributed by atoms with Crippen LogP contribution in [-0.4, -0.2) is 34.8 Å². The zero-order valence-electron chi connectivity index (χ0n) is 15.6. The Morgan fingerprint density at radius 1 is 1.11 bits per heavy atom. The number of fused-ring (bicyclic) bond motifs is 1. The fraction of sp³-hybridized carbons (Fsp3) is 0.227. The summed E-state index contributed by atoms with van der Waals surface area (Å²) in [6.45, 7) is 0. The third-order valence-electron chi connectivity index (χ3n) is 4.77. The molecule has 0 spiro atoms. The van der Waals surface area contributed by atoms with Crippen molar-refractivity contribution in [3.8, 4) is 17.0 Å². The van der Waals surface area contributed by atoms with E-state index in [1.165, 1.54) is 22.9 Å². The van der Waals surface area contributed by atoms with E-state index in [0.717, 1.165) is 29.8 Å². The molecule has 1 aromatic heterocycles. The number of hydrogen-bond acceptors (Lipinski definition) is 5. The maximum Gasteiger partial charge on any atom is 0.230 e. The summed E-state index contributed by atoms with van der Waals surface area (Å²) in [5, 5.41) is 3.72. The van der Waals surface area contributed by atoms with Crippen LogP contribution in [-0.2, 0) is 17.6 Å². The standard InChI is InChI=1S/C22H21N3O2S/c1-27-19-8-6-15(7-9-19)20-10-11-23-22(25-20)28-14-21(26)24-18-12-16-4-2-3-5-17(16)13-18/h2-11,18H,12-14H2,1H3,(H,24,26). The van der Waals surface area contributed by atoms with Crippen molar-refractivity contribution in [2.24, 2.45) is 0 Å². The third-order valence-corrected chi connectivity index (χ3v) is 5.63. The van der Waals surface area contributed by atoms with E-state index in [1.807, 2.05) is 42.5 Å². The van der Waals surface area contributed by atoms with E-state index in [-0.39, 0.29) is 11.9 Å². The van der Waals surface area contributed by atoms with Gasteiger partial charge in [-0.2, -0.15) is 0 Å². The Hall–Kier alpha value is -2.86. The molecule has 0 atom stereocenters. The molecule has 1 heterocycles. The van der Waals surface area contributed by atoms with Gasteiger partial charge in [-0.3, -0.25) is 4.79 Å². The second-order valence-electron chi connectivity index (χ2n) is 6.68. The zero-order valence-corrected chi connectivity index (χ0v) is 16.4. The van der Waals surface area contributed by atoms with E-state index in [4.69, 9.17) is 4.74 Å². The molecular formula is C22H21N3O2S. The van der Waals surface area contributed by atoms with Crippen LogP contribution in [0.25, 0.3) is 11.3 Å². The average molecular weight is 391 g/mol. The first kappa shape index (κ1) is 18.5. The number of carbonyl (C=O) groups excluding carboxylic acids is 1. The van der Waals surface area contributed by atoms with Gasteiger partial charge in [-0.15, -0.1) is 0 Å². The molecule has 4 rings (SSSR count). The van der Waals surface area contributed by atoms with E-state index in [2.05, 4.69) is 27.4 Å². The number of amides is 1. The van der Waals surface area contributed by atoms with Crippen LogP contribution in [0.1, 0.15) is 11.1 Å². The predicted octanol–water partition coefficient (Wildman–Crippen LogP) is 3.53. The number of carbonyl (C=O) groups is 1. The number of aromatic nitrogens is 2. The number of nitrogens with zero attached hydrogens (tertiary/aromatic N) is 2. The number of thioether (sulfide) groups is 1. The Morgan fingerprint density at radius 2 is 1.82 bits per heavy atom. The first-order valence-electron chi connectivity index (χ1n) is 9.17. The fourth-order valence-electron chi connectivity index (χ4n) is 3.39. The van der Waals surface area contributed by atoms with Crippen molar-refractivity contribution in [2.45, 2.75) is 24.0 Å². The number of benzene rings is 2. The van der Waals surface area contributed by atoms with Crippen LogP contribution < -0.4 is 10.1 Å². The topological polar surface area (TPSA) is 64.1 Å². The van der Waals surface area contributed by atoms with Crippen LogP contribution >= 0.6 is 11.8 Å². The molecule has 0 aliphatic heterocycles. The molecule has 1 aliphatic carbocycles. The van der Waals surface area contributed by atoms with Crippen LogP contribution in [0, 0.1) is 0 Å². The third kappa shape index (κ3) is 4.34. The lowest BCUT2D eigenvalue weighted by Crippen LogP contribution is -2.36. The largest absolute Gasteiger partial charge is 0.497 e. The van der Waals surface area contributed by atoms with Crippen molar-refractivity contribution in [2.75, 3.05) is 12.9 Å². The molecule has 1 N–H and O–H groups in total. The van der Waals surface area contributed by atoms with E-state index in [1.54, 1.807) is 13.3 Å². The lowest BCUT2D eigenvalue weighted by molar-refractivity contribution is -0.119. The van der Waals surface area contributed by atoms with Crippen LogP contribution in [0.15, 0.2) is 66.0 Å². The van der Waals surface area contributed by atoms with Gasteiger partial charge in [0.25, 0.3) is 0 Å². The van der Waals surface area contributed by atoms with Gasteiger partial charge in [-0.1, -0.05) is 36.0 Å². The van der Waals surface area contributed by atoms with Crippen molar-refractivity contribution in [3.63, 3.8) is 0 Å². The molecule has 142 valence electrons. The first-order valence-corrected chi connectivity index (χ1v) is 10.2. The summed E-state index contributed by atoms with van der Waals surface area (Å²) in [5.74, 6) is 1.12. The molecule has 0 saturated carbocycles. The Balaban J connectivity index is 1.33. The first-order chi connectivity index (χ1) is 13.7. The summed E-state index contributed by atoms with van der Waals surface area (Å²) in [6, 6.07) is 18.1. The van der Waals surface area contributed by atoms with E-state index < -0.39 is 0 Å². The second kappa shape index (κ2) is 8.44. The molecular weight excluding hydrogens is 370 g/mol. The SMILES string of the molecule is COc1ccc(-c2ccnc(SCC(=O)NC3Cc4ccccc4C3)n2)cc1. The number of rotatable bonds is 6. The van der Waals surface area contributed by atoms with Gasteiger partial charge in [-0.05, 0) is 54.3 Å². The highest BCUT2D eigenvalue weighted by molar-refractivity contribution is 7.99. The van der Waals surface area contributed by atoms with Crippen molar-refractivity contribution in [1.82, 2.24) is 15.3 Å². The minimum Gasteiger partial charge on any atom is -0.497 e. The quantitative estimate of drug-likeness (QED) is 0.514. The smallest absolute Gasteiger partial charge is 0.230 e. The Morgan fingerprint density at radius 3 is 2.50 bits per heavy atom. The number of nitrogens with one attached hydrogen (secondary N) is 1. The van der Waals surface area contributed by atoms with E-state index >= 15 is 0 Å². The molecule has 5 nitrogen and oxygen atoms in total. The fourth-order valence-corrected chi connectivity index (χ4v) is 4.04. The number of methoxy groups -OCH3 is 1. The van der Waals surface area contributed by atoms with Gasteiger partial charge >= 0.3 is 0 Å². The highest BCUT2D eigenvalue weighted by Crippen LogP contribution is 2.24. The van der Waals surface area contributed by atoms with Crippen molar-refractivity contribution in [1.29, 1.82) is 0 Å². The van der Waals surface area contributed by atoms with Gasteiger partial charge in [0, 0.05) is 17.8 Å². The molecule has 0 saturated heterocycles. The lowest BCUT2D eigenvalue weighted by atomic mass is 10.1. The Labute approximate surface area is 168 Å². The number of hydrogen-bond donors (Lipinski definition) is 1. The molecule has 2 aromatic carbocycles. The average Bonchev–Trinajstić information content (AvgIpc) is 3.15. The summed E-state index contributed by atoms with van der Waals surface area (Å²) in [7, 11) is 1.64. The van der Waals surface area contributed by atoms with E-state index in [9.17, 15) is 4.79 Å². The normalized spacial score (nSPS) is 13.2. The molecule has 1 aliphatic rings. The van der Waals surface area contributed by atoms with Gasteiger partial charge in [0.1, 0.15) is 5.75 Å². The maximum absolute atomic E-state index is 12.3. The van der Waals surface area contributed by atoms with Crippen LogP contribution in [0.2, 0.25) is 0 Å². The van der Waals surface area contributed by atoms with Gasteiger partial charge < -0.3 is 10.1 Å². The molecule has 0 unspecified atom stereocenters. The summed E-state index contributed by atoms with van der Waals surface area (Å²) >= 11 is 1.35. The Kier molecular flexibility index (Phi) is 5.58. The molecule has 0 fully saturated rings. The molecule has 6 heteroatoms. The van der Waals surface area contributed by atoms with Crippen molar-refractivity contribution < 1.29 is 9.53 Å². The summed E-state index contributed by atoms with van der Waals surface area (Å²) < 4.78 is 5.19. The summed E-state index contributed by atoms with van der Waals surface area (Å²) in [4.78, 5) is 21.2. The monoisotopic (exact) mass is 391 g/mol. The summed E-state index contributed by atoms with van der Waals surface area (Å²) in [5.41, 5.74) is 4.47. The number of ether oxygens (including phenoxy) is 1. The highest BCUT2D eigenvalue weighted by Gasteiger charge is 2.22. The van der Waals surface area contributed by atoms with Gasteiger partial charge in [0.2, 0.25) is 5.91 Å². The second-order valence-corrected chi connectivity index (χ2v) is 7.63. The molecule has 28 heavy (non-hydrogen) atoms. The van der Waals surface area contributed by atoms with E-state index in [0.29, 0.717) is 10.9 Å². The minimum atomic E-state index is 0.0151. The predicted molar refractivity (Wildman–Crippen MR) is 111 cm³/mol. The molecule has 3 aromatic rings. The Bertz CT molecular complexity index is 951. The van der Waals surface area contributed by atoms with Crippen LogP contribution in [0.3, 0.4) is 0 Å². The maximum atomic E-state index is 12.3. The van der Waals surface area contributed by atoms with Crippen molar-refractivity contribution in [3.05, 3.63) is 71.9 Å². The van der Waals surface area contributed by atoms with Crippen LogP contribution in [0.4, 0.5) is 0 Å². The molecule has 0 bridgehead atoms. The lowest BCUT2D eigenvalue weighted by Gasteiger charge is -2.11. The van der Waals surface area contributed by atoms with Gasteiger partial charge in [0.15, 0.2) is 5.16 Å². The summed E-state index contributed by atoms with van der Waals surface area (Å²) in [6.07, 6.45) is 3.52. The van der Waals surface area contributed by atoms with Gasteiger partial charge in [-0.25, -0.2) is 9.97 Å². The van der Waals surface area contributed by atoms with Gasteiger partial charge in [0.05, 0.1) is 18.6 Å². The van der Waals surface area contributed by atoms with Crippen molar-refractivity contribution >= 4 is 17.7 Å². The van der Waals surface area contributed by atoms with Crippen LogP contribution in [0.5, 0.6) is 5.75 Å². The minimum absolute atomic E-state index is 0.0151.